The monoisotopic (exact) mass is 193 g/mol. The van der Waals surface area contributed by atoms with Crippen LogP contribution in [0.5, 0.6) is 0 Å². The van der Waals surface area contributed by atoms with Crippen LogP contribution in [0.1, 0.15) is 58.3 Å². The van der Waals surface area contributed by atoms with Crippen LogP contribution in [-0.2, 0) is 0 Å². The van der Waals surface area contributed by atoms with Gasteiger partial charge in [-0.25, -0.2) is 0 Å². The van der Waals surface area contributed by atoms with Crippen LogP contribution in [0, 0.1) is 6.92 Å². The highest BCUT2D eigenvalue weighted by Crippen LogP contribution is 2.03. The van der Waals surface area contributed by atoms with E-state index in [1.165, 1.54) is 38.5 Å². The average Bonchev–Trinajstić information content (AvgIpc) is 2.21. The van der Waals surface area contributed by atoms with Gasteiger partial charge in [-0.1, -0.05) is 63.8 Å². The van der Waals surface area contributed by atoms with Gasteiger partial charge >= 0.3 is 0 Å². The highest BCUT2D eigenvalue weighted by molar-refractivity contribution is 4.92. The third-order valence-electron chi connectivity index (χ3n) is 2.18. The Labute approximate surface area is 90.1 Å². The van der Waals surface area contributed by atoms with Crippen molar-refractivity contribution >= 4 is 0 Å². The van der Waals surface area contributed by atoms with Gasteiger partial charge in [-0.3, -0.25) is 0 Å². The molecule has 0 heteroatoms. The molecule has 14 heavy (non-hydrogen) atoms. The summed E-state index contributed by atoms with van der Waals surface area (Å²) in [5.41, 5.74) is 0. The molecular formula is C14H25. The molecular weight excluding hydrogens is 168 g/mol. The summed E-state index contributed by atoms with van der Waals surface area (Å²) in [5, 5.41) is 0. The minimum absolute atomic E-state index is 1.09. The van der Waals surface area contributed by atoms with Crippen LogP contribution in [0.15, 0.2) is 24.3 Å². The molecule has 0 atom stereocenters. The van der Waals surface area contributed by atoms with Crippen LogP contribution in [0.3, 0.4) is 0 Å². The summed E-state index contributed by atoms with van der Waals surface area (Å²) in [7, 11) is 0. The normalized spacial score (nSPS) is 11.9. The van der Waals surface area contributed by atoms with Gasteiger partial charge in [0.25, 0.3) is 0 Å². The van der Waals surface area contributed by atoms with Crippen molar-refractivity contribution in [2.24, 2.45) is 0 Å². The molecule has 0 aliphatic carbocycles. The second-order valence-corrected chi connectivity index (χ2v) is 3.67. The molecule has 1 radical (unpaired) electrons. The van der Waals surface area contributed by atoms with Crippen LogP contribution in [0.2, 0.25) is 0 Å². The molecule has 0 spiro atoms. The molecule has 0 saturated heterocycles. The van der Waals surface area contributed by atoms with Gasteiger partial charge in [0.2, 0.25) is 0 Å². The van der Waals surface area contributed by atoms with Gasteiger partial charge in [0.15, 0.2) is 0 Å². The summed E-state index contributed by atoms with van der Waals surface area (Å²) in [6, 6.07) is 0. The summed E-state index contributed by atoms with van der Waals surface area (Å²) in [5.74, 6) is 0. The molecule has 0 unspecified atom stereocenters. The lowest BCUT2D eigenvalue weighted by Gasteiger charge is -1.93. The standard InChI is InChI=1S/C14H25/c1-3-5-7-9-11-13-14-12-10-8-6-4-2/h8,10,13-14H,1,3-7,9,11-12H2,2H3. The number of hydrogen-bond donors (Lipinski definition) is 0. The summed E-state index contributed by atoms with van der Waals surface area (Å²) in [6.45, 7) is 6.05. The van der Waals surface area contributed by atoms with E-state index in [4.69, 9.17) is 0 Å². The van der Waals surface area contributed by atoms with E-state index in [-0.39, 0.29) is 0 Å². The maximum absolute atomic E-state index is 3.83. The fourth-order valence-electron chi connectivity index (χ4n) is 1.29. The molecule has 0 nitrogen and oxygen atoms in total. The fourth-order valence-corrected chi connectivity index (χ4v) is 1.29. The first-order valence-corrected chi connectivity index (χ1v) is 6.01. The van der Waals surface area contributed by atoms with Crippen LogP contribution in [0.4, 0.5) is 0 Å². The number of hydrogen-bond acceptors (Lipinski definition) is 0. The molecule has 0 aliphatic heterocycles. The lowest BCUT2D eigenvalue weighted by atomic mass is 10.1. The Kier molecular flexibility index (Phi) is 12.0. The van der Waals surface area contributed by atoms with Crippen molar-refractivity contribution in [1.82, 2.24) is 0 Å². The van der Waals surface area contributed by atoms with Crippen LogP contribution in [-0.4, -0.2) is 0 Å². The third kappa shape index (κ3) is 11.5. The first kappa shape index (κ1) is 13.5. The second-order valence-electron chi connectivity index (χ2n) is 3.67. The highest BCUT2D eigenvalue weighted by Gasteiger charge is 1.83. The summed E-state index contributed by atoms with van der Waals surface area (Å²) in [6.07, 6.45) is 19.0. The number of allylic oxidation sites excluding steroid dienone is 4. The second kappa shape index (κ2) is 12.5. The Morgan fingerprint density at radius 2 is 1.57 bits per heavy atom. The van der Waals surface area contributed by atoms with Gasteiger partial charge in [-0.05, 0) is 25.7 Å². The zero-order valence-corrected chi connectivity index (χ0v) is 9.67. The van der Waals surface area contributed by atoms with E-state index < -0.39 is 0 Å². The average molecular weight is 193 g/mol. The maximum atomic E-state index is 3.83. The van der Waals surface area contributed by atoms with Gasteiger partial charge in [0.05, 0.1) is 0 Å². The molecule has 0 N–H and O–H groups in total. The fraction of sp³-hybridized carbons (Fsp3) is 0.643. The van der Waals surface area contributed by atoms with Gasteiger partial charge in [0.1, 0.15) is 0 Å². The minimum Gasteiger partial charge on any atom is -0.0882 e. The third-order valence-corrected chi connectivity index (χ3v) is 2.18. The molecule has 0 aromatic heterocycles. The number of unbranched alkanes of at least 4 members (excludes halogenated alkanes) is 5. The van der Waals surface area contributed by atoms with Gasteiger partial charge in [0, 0.05) is 0 Å². The Hall–Kier alpha value is -0.520. The van der Waals surface area contributed by atoms with Crippen LogP contribution >= 0.6 is 0 Å². The van der Waals surface area contributed by atoms with E-state index in [0.29, 0.717) is 0 Å². The molecule has 0 saturated carbocycles. The molecule has 0 rings (SSSR count). The summed E-state index contributed by atoms with van der Waals surface area (Å²) in [4.78, 5) is 0. The predicted octanol–water partition coefficient (Wildman–Crippen LogP) is 5.07. The number of rotatable bonds is 9. The molecule has 0 amide bonds. The molecule has 0 fully saturated rings. The summed E-state index contributed by atoms with van der Waals surface area (Å²) < 4.78 is 0. The van der Waals surface area contributed by atoms with Crippen LogP contribution in [0.25, 0.3) is 0 Å². The maximum Gasteiger partial charge on any atom is -0.0169 e. The van der Waals surface area contributed by atoms with E-state index >= 15 is 0 Å². The van der Waals surface area contributed by atoms with Crippen molar-refractivity contribution in [2.75, 3.05) is 0 Å². The van der Waals surface area contributed by atoms with E-state index in [0.717, 1.165) is 12.8 Å². The molecule has 0 aliphatic rings. The van der Waals surface area contributed by atoms with E-state index in [9.17, 15) is 0 Å². The Bertz CT molecular complexity index is 142. The smallest absolute Gasteiger partial charge is 0.0169 e. The molecule has 0 aromatic rings. The SMILES string of the molecule is [CH2]CCCCCC=CCC=CCCC. The zero-order chi connectivity index (χ0) is 10.5. The Balaban J connectivity index is 3.11. The zero-order valence-electron chi connectivity index (χ0n) is 9.67. The van der Waals surface area contributed by atoms with Crippen molar-refractivity contribution in [3.8, 4) is 0 Å². The molecule has 0 heterocycles. The Morgan fingerprint density at radius 1 is 0.857 bits per heavy atom. The predicted molar refractivity (Wildman–Crippen MR) is 66.2 cm³/mol. The highest BCUT2D eigenvalue weighted by atomic mass is 13.9. The van der Waals surface area contributed by atoms with E-state index in [1.807, 2.05) is 0 Å². The molecule has 0 bridgehead atoms. The summed E-state index contributed by atoms with van der Waals surface area (Å²) >= 11 is 0. The minimum atomic E-state index is 1.09. The van der Waals surface area contributed by atoms with E-state index in [2.05, 4.69) is 38.2 Å². The van der Waals surface area contributed by atoms with E-state index in [1.54, 1.807) is 0 Å². The largest absolute Gasteiger partial charge is 0.0882 e. The Morgan fingerprint density at radius 3 is 2.21 bits per heavy atom. The first-order valence-electron chi connectivity index (χ1n) is 6.01. The quantitative estimate of drug-likeness (QED) is 0.354. The molecule has 81 valence electrons. The van der Waals surface area contributed by atoms with Crippen molar-refractivity contribution in [2.45, 2.75) is 58.3 Å². The van der Waals surface area contributed by atoms with Crippen molar-refractivity contribution < 1.29 is 0 Å². The van der Waals surface area contributed by atoms with Crippen LogP contribution < -0.4 is 0 Å². The van der Waals surface area contributed by atoms with Crippen molar-refractivity contribution in [3.63, 3.8) is 0 Å². The lowest BCUT2D eigenvalue weighted by Crippen LogP contribution is -1.73. The van der Waals surface area contributed by atoms with Gasteiger partial charge in [-0.2, -0.15) is 0 Å². The van der Waals surface area contributed by atoms with Gasteiger partial charge < -0.3 is 0 Å². The lowest BCUT2D eigenvalue weighted by molar-refractivity contribution is 0.694. The van der Waals surface area contributed by atoms with Crippen molar-refractivity contribution in [1.29, 1.82) is 0 Å². The van der Waals surface area contributed by atoms with Gasteiger partial charge in [-0.15, -0.1) is 0 Å². The van der Waals surface area contributed by atoms with Crippen molar-refractivity contribution in [3.05, 3.63) is 31.2 Å². The molecule has 0 aromatic carbocycles. The topological polar surface area (TPSA) is 0 Å². The first-order chi connectivity index (χ1) is 6.91.